The molecule has 0 fully saturated rings. The fourth-order valence-corrected chi connectivity index (χ4v) is 4.71. The van der Waals surface area contributed by atoms with Gasteiger partial charge in [-0.2, -0.15) is 0 Å². The number of rotatable bonds is 11. The number of aromatic carboxylic acids is 1. The molecule has 0 aliphatic carbocycles. The smallest absolute Gasteiger partial charge is 0.339 e. The van der Waals surface area contributed by atoms with Gasteiger partial charge in [0.15, 0.2) is 0 Å². The Morgan fingerprint density at radius 1 is 1.18 bits per heavy atom. The van der Waals surface area contributed by atoms with Crippen molar-refractivity contribution in [1.82, 2.24) is 19.4 Å². The molecule has 2 aromatic carbocycles. The van der Waals surface area contributed by atoms with Crippen molar-refractivity contribution in [3.05, 3.63) is 72.1 Å². The molecule has 0 saturated heterocycles. The number of methoxy groups -OCH3 is 1. The Morgan fingerprint density at radius 2 is 1.93 bits per heavy atom. The van der Waals surface area contributed by atoms with Crippen LogP contribution in [0.2, 0.25) is 0 Å². The summed E-state index contributed by atoms with van der Waals surface area (Å²) in [5, 5.41) is 17.0. The topological polar surface area (TPSA) is 122 Å². The molecule has 208 valence electrons. The van der Waals surface area contributed by atoms with Crippen molar-refractivity contribution in [3.63, 3.8) is 0 Å². The third-order valence-electron chi connectivity index (χ3n) is 6.62. The van der Waals surface area contributed by atoms with Crippen LogP contribution in [-0.4, -0.2) is 64.2 Å². The number of nitrogens with zero attached hydrogens (tertiary/aromatic N) is 4. The largest absolute Gasteiger partial charge is 0.495 e. The van der Waals surface area contributed by atoms with Crippen LogP contribution in [0.3, 0.4) is 0 Å². The molecule has 2 aromatic heterocycles. The minimum absolute atomic E-state index is 0.0315. The average molecular weight is 543 g/mol. The van der Waals surface area contributed by atoms with Crippen molar-refractivity contribution < 1.29 is 19.4 Å². The lowest BCUT2D eigenvalue weighted by Gasteiger charge is -2.18. The van der Waals surface area contributed by atoms with Crippen molar-refractivity contribution in [3.8, 4) is 17.0 Å². The predicted molar refractivity (Wildman–Crippen MR) is 158 cm³/mol. The predicted octanol–water partition coefficient (Wildman–Crippen LogP) is 5.01. The summed E-state index contributed by atoms with van der Waals surface area (Å²) >= 11 is 0. The van der Waals surface area contributed by atoms with Crippen molar-refractivity contribution in [2.24, 2.45) is 7.05 Å². The summed E-state index contributed by atoms with van der Waals surface area (Å²) < 4.78 is 7.62. The van der Waals surface area contributed by atoms with E-state index < -0.39 is 5.97 Å². The monoisotopic (exact) mass is 542 g/mol. The molecule has 3 N–H and O–H groups in total. The Labute approximate surface area is 233 Å². The minimum atomic E-state index is -1.11. The maximum absolute atomic E-state index is 12.3. The quantitative estimate of drug-likeness (QED) is 0.226. The first kappa shape index (κ1) is 28.3. The summed E-state index contributed by atoms with van der Waals surface area (Å²) in [7, 11) is 7.49. The van der Waals surface area contributed by atoms with Crippen molar-refractivity contribution in [2.75, 3.05) is 38.4 Å². The van der Waals surface area contributed by atoms with E-state index in [0.717, 1.165) is 35.9 Å². The first-order valence-electron chi connectivity index (χ1n) is 12.8. The van der Waals surface area contributed by atoms with Crippen LogP contribution in [0.15, 0.2) is 55.3 Å². The highest BCUT2D eigenvalue weighted by Gasteiger charge is 2.23. The highest BCUT2D eigenvalue weighted by atomic mass is 16.5. The van der Waals surface area contributed by atoms with Gasteiger partial charge in [0.05, 0.1) is 24.2 Å². The van der Waals surface area contributed by atoms with E-state index in [-0.39, 0.29) is 17.4 Å². The van der Waals surface area contributed by atoms with Crippen LogP contribution in [0.4, 0.5) is 17.3 Å². The zero-order chi connectivity index (χ0) is 29.0. The number of para-hydroxylation sites is 1. The maximum Gasteiger partial charge on any atom is 0.339 e. The molecule has 1 amide bonds. The third-order valence-corrected chi connectivity index (χ3v) is 6.62. The fraction of sp³-hybridized carbons (Fsp3) is 0.267. The normalized spacial score (nSPS) is 11.1. The summed E-state index contributed by atoms with van der Waals surface area (Å²) in [4.78, 5) is 35.8. The maximum atomic E-state index is 12.3. The Balaban J connectivity index is 1.81. The summed E-state index contributed by atoms with van der Waals surface area (Å²) in [5.74, 6) is -0.709. The molecule has 0 aliphatic heterocycles. The molecule has 10 nitrogen and oxygen atoms in total. The van der Waals surface area contributed by atoms with Crippen LogP contribution in [0.25, 0.3) is 22.2 Å². The molecule has 10 heteroatoms. The second-order valence-corrected chi connectivity index (χ2v) is 9.77. The van der Waals surface area contributed by atoms with E-state index in [9.17, 15) is 14.7 Å². The standard InChI is InChI=1S/C30H34N6O4/c1-7-26(37)32-22-16-23(25(40-6)15-19(22)11-10-14-35(3)4)33-30-31-18(2)27(29(38)39)28(34-30)21-17-36(5)24-13-9-8-12-20(21)24/h7-9,12-13,15-17H,1,10-11,14H2,2-6H3,(H,32,37)(H,38,39)(H,31,33,34). The molecule has 40 heavy (non-hydrogen) atoms. The van der Waals surface area contributed by atoms with Gasteiger partial charge in [-0.05, 0) is 70.2 Å². The molecule has 0 spiro atoms. The van der Waals surface area contributed by atoms with Gasteiger partial charge in [0.2, 0.25) is 11.9 Å². The van der Waals surface area contributed by atoms with Gasteiger partial charge < -0.3 is 29.9 Å². The van der Waals surface area contributed by atoms with Gasteiger partial charge in [-0.15, -0.1) is 0 Å². The Morgan fingerprint density at radius 3 is 2.60 bits per heavy atom. The zero-order valence-corrected chi connectivity index (χ0v) is 23.4. The SMILES string of the molecule is C=CC(=O)Nc1cc(Nc2nc(C)c(C(=O)O)c(-c3cn(C)c4ccccc34)n2)c(OC)cc1CCCN(C)C. The van der Waals surface area contributed by atoms with Crippen molar-refractivity contribution >= 4 is 40.1 Å². The van der Waals surface area contributed by atoms with Gasteiger partial charge in [-0.3, -0.25) is 4.79 Å². The number of carboxylic acids is 1. The van der Waals surface area contributed by atoms with E-state index in [1.165, 1.54) is 6.08 Å². The van der Waals surface area contributed by atoms with Crippen LogP contribution in [0, 0.1) is 6.92 Å². The minimum Gasteiger partial charge on any atom is -0.495 e. The van der Waals surface area contributed by atoms with E-state index in [1.807, 2.05) is 62.2 Å². The number of carboxylic acid groups (broad SMARTS) is 1. The number of carbonyl (C=O) groups excluding carboxylic acids is 1. The van der Waals surface area contributed by atoms with Crippen LogP contribution in [0.1, 0.15) is 28.0 Å². The number of anilines is 3. The summed E-state index contributed by atoms with van der Waals surface area (Å²) in [6, 6.07) is 11.4. The molecule has 0 bridgehead atoms. The number of aromatic nitrogens is 3. The molecule has 2 heterocycles. The highest BCUT2D eigenvalue weighted by Crippen LogP contribution is 2.36. The molecule has 4 aromatic rings. The molecule has 0 saturated carbocycles. The van der Waals surface area contributed by atoms with Gasteiger partial charge in [-0.1, -0.05) is 24.8 Å². The van der Waals surface area contributed by atoms with Gasteiger partial charge in [0, 0.05) is 35.4 Å². The summed E-state index contributed by atoms with van der Waals surface area (Å²) in [6.07, 6.45) is 4.69. The van der Waals surface area contributed by atoms with Crippen LogP contribution in [0.5, 0.6) is 5.75 Å². The van der Waals surface area contributed by atoms with E-state index in [2.05, 4.69) is 32.1 Å². The van der Waals surface area contributed by atoms with Crippen molar-refractivity contribution in [2.45, 2.75) is 19.8 Å². The summed E-state index contributed by atoms with van der Waals surface area (Å²) in [6.45, 7) is 6.09. The Kier molecular flexibility index (Phi) is 8.49. The van der Waals surface area contributed by atoms with Gasteiger partial charge in [-0.25, -0.2) is 14.8 Å². The fourth-order valence-electron chi connectivity index (χ4n) is 4.71. The molecular weight excluding hydrogens is 508 g/mol. The van der Waals surface area contributed by atoms with Crippen LogP contribution < -0.4 is 15.4 Å². The number of nitrogens with one attached hydrogen (secondary N) is 2. The van der Waals surface area contributed by atoms with E-state index in [0.29, 0.717) is 34.1 Å². The van der Waals surface area contributed by atoms with E-state index in [4.69, 9.17) is 4.74 Å². The first-order valence-corrected chi connectivity index (χ1v) is 12.8. The summed E-state index contributed by atoms with van der Waals surface area (Å²) in [5.41, 5.74) is 4.33. The second-order valence-electron chi connectivity index (χ2n) is 9.77. The number of benzene rings is 2. The molecule has 0 atom stereocenters. The average Bonchev–Trinajstić information content (AvgIpc) is 3.25. The molecule has 0 aliphatic rings. The molecular formula is C30H34N6O4. The number of ether oxygens (including phenoxy) is 1. The third kappa shape index (κ3) is 5.97. The van der Waals surface area contributed by atoms with Gasteiger partial charge >= 0.3 is 5.97 Å². The first-order chi connectivity index (χ1) is 19.1. The number of carbonyl (C=O) groups is 2. The number of fused-ring (bicyclic) bond motifs is 1. The molecule has 4 rings (SSSR count). The Bertz CT molecular complexity index is 1590. The molecule has 0 radical (unpaired) electrons. The number of amides is 1. The lowest BCUT2D eigenvalue weighted by Crippen LogP contribution is -2.15. The molecule has 0 unspecified atom stereocenters. The Hall–Kier alpha value is -4.70. The highest BCUT2D eigenvalue weighted by molar-refractivity contribution is 6.03. The van der Waals surface area contributed by atoms with Crippen LogP contribution >= 0.6 is 0 Å². The number of hydrogen-bond acceptors (Lipinski definition) is 7. The van der Waals surface area contributed by atoms with Crippen molar-refractivity contribution in [1.29, 1.82) is 0 Å². The van der Waals surface area contributed by atoms with Crippen LogP contribution in [-0.2, 0) is 18.3 Å². The van der Waals surface area contributed by atoms with E-state index in [1.54, 1.807) is 20.1 Å². The number of aryl methyl sites for hydroxylation is 3. The van der Waals surface area contributed by atoms with E-state index >= 15 is 0 Å². The lowest BCUT2D eigenvalue weighted by atomic mass is 10.0. The lowest BCUT2D eigenvalue weighted by molar-refractivity contribution is -0.111. The zero-order valence-electron chi connectivity index (χ0n) is 23.4. The van der Waals surface area contributed by atoms with Gasteiger partial charge in [0.1, 0.15) is 11.3 Å². The number of hydrogen-bond donors (Lipinski definition) is 3. The second kappa shape index (κ2) is 12.0. The van der Waals surface area contributed by atoms with Gasteiger partial charge in [0.25, 0.3) is 0 Å².